The molecule has 0 aromatic heterocycles. The quantitative estimate of drug-likeness (QED) is 0.480. The fraction of sp³-hybridized carbons (Fsp3) is 0. The van der Waals surface area contributed by atoms with Crippen LogP contribution in [0.5, 0.6) is 0 Å². The van der Waals surface area contributed by atoms with Gasteiger partial charge in [0.15, 0.2) is 0 Å². The summed E-state index contributed by atoms with van der Waals surface area (Å²) >= 11 is 5.84. The Morgan fingerprint density at radius 2 is 1.64 bits per heavy atom. The topological polar surface area (TPSA) is 35.9 Å². The molecule has 3 rings (SSSR count). The number of nitrogens with one attached hydrogen (secondary N) is 2. The van der Waals surface area contributed by atoms with Crippen molar-refractivity contribution in [2.45, 2.75) is 0 Å². The van der Waals surface area contributed by atoms with Crippen LogP contribution in [0.2, 0.25) is 5.02 Å². The molecule has 3 aromatic carbocycles. The second-order valence-electron chi connectivity index (χ2n) is 4.99. The number of fused-ring (bicyclic) bond motifs is 1. The van der Waals surface area contributed by atoms with Crippen LogP contribution in [0.1, 0.15) is 5.56 Å². The van der Waals surface area contributed by atoms with Gasteiger partial charge in [-0.3, -0.25) is 5.41 Å². The zero-order valence-corrected chi connectivity index (χ0v) is 12.6. The van der Waals surface area contributed by atoms with Gasteiger partial charge in [-0.25, -0.2) is 0 Å². The smallest absolute Gasteiger partial charge is 0.122 e. The summed E-state index contributed by atoms with van der Waals surface area (Å²) in [6.07, 6.45) is 3.68. The number of benzene rings is 3. The van der Waals surface area contributed by atoms with Gasteiger partial charge in [0.05, 0.1) is 0 Å². The average molecular weight is 307 g/mol. The highest BCUT2D eigenvalue weighted by Crippen LogP contribution is 2.17. The lowest BCUT2D eigenvalue weighted by molar-refractivity contribution is 1.48. The van der Waals surface area contributed by atoms with Crippen LogP contribution in [0.15, 0.2) is 72.8 Å². The highest BCUT2D eigenvalue weighted by atomic mass is 35.5. The van der Waals surface area contributed by atoms with E-state index in [1.54, 1.807) is 18.2 Å². The van der Waals surface area contributed by atoms with Crippen LogP contribution in [-0.4, -0.2) is 5.84 Å². The molecule has 2 N–H and O–H groups in total. The molecule has 0 saturated carbocycles. The molecular formula is C19H15ClN2. The summed E-state index contributed by atoms with van der Waals surface area (Å²) in [6.45, 7) is 0. The maximum atomic E-state index is 7.96. The van der Waals surface area contributed by atoms with E-state index in [4.69, 9.17) is 17.0 Å². The third-order valence-electron chi connectivity index (χ3n) is 3.34. The lowest BCUT2D eigenvalue weighted by atomic mass is 10.1. The molecule has 0 atom stereocenters. The van der Waals surface area contributed by atoms with E-state index in [0.717, 1.165) is 11.3 Å². The second-order valence-corrected chi connectivity index (χ2v) is 5.42. The van der Waals surface area contributed by atoms with Crippen LogP contribution in [0, 0.1) is 5.41 Å². The fourth-order valence-corrected chi connectivity index (χ4v) is 2.35. The van der Waals surface area contributed by atoms with E-state index in [1.807, 2.05) is 30.3 Å². The van der Waals surface area contributed by atoms with Gasteiger partial charge in [0, 0.05) is 10.7 Å². The van der Waals surface area contributed by atoms with Gasteiger partial charge in [0.1, 0.15) is 5.84 Å². The van der Waals surface area contributed by atoms with Gasteiger partial charge in [-0.05, 0) is 52.7 Å². The number of hydrogen-bond acceptors (Lipinski definition) is 1. The summed E-state index contributed by atoms with van der Waals surface area (Å²) in [6, 6.07) is 21.8. The summed E-state index contributed by atoms with van der Waals surface area (Å²) in [5.74, 6) is 0.329. The SMILES string of the molecule is N=C(/C=C/c1ccc2ccccc2c1)Nc1ccc(Cl)cc1. The van der Waals surface area contributed by atoms with E-state index in [1.165, 1.54) is 10.8 Å². The highest BCUT2D eigenvalue weighted by Gasteiger charge is 1.96. The van der Waals surface area contributed by atoms with E-state index in [-0.39, 0.29) is 0 Å². The minimum Gasteiger partial charge on any atom is -0.341 e. The molecule has 0 heterocycles. The molecule has 0 saturated heterocycles. The van der Waals surface area contributed by atoms with Crippen molar-refractivity contribution in [1.82, 2.24) is 0 Å². The van der Waals surface area contributed by atoms with E-state index in [2.05, 4.69) is 35.6 Å². The predicted molar refractivity (Wildman–Crippen MR) is 95.8 cm³/mol. The molecule has 0 aliphatic rings. The highest BCUT2D eigenvalue weighted by molar-refractivity contribution is 6.30. The van der Waals surface area contributed by atoms with E-state index in [9.17, 15) is 0 Å². The van der Waals surface area contributed by atoms with Crippen LogP contribution < -0.4 is 5.32 Å². The Morgan fingerprint density at radius 1 is 0.909 bits per heavy atom. The minimum atomic E-state index is 0.329. The van der Waals surface area contributed by atoms with E-state index in [0.29, 0.717) is 10.9 Å². The maximum absolute atomic E-state index is 7.96. The fourth-order valence-electron chi connectivity index (χ4n) is 2.22. The number of halogens is 1. The molecule has 0 amide bonds. The van der Waals surface area contributed by atoms with Crippen molar-refractivity contribution < 1.29 is 0 Å². The summed E-state index contributed by atoms with van der Waals surface area (Å²) in [7, 11) is 0. The zero-order chi connectivity index (χ0) is 15.4. The van der Waals surface area contributed by atoms with Crippen LogP contribution in [0.4, 0.5) is 5.69 Å². The van der Waals surface area contributed by atoms with Crippen molar-refractivity contribution in [3.8, 4) is 0 Å². The van der Waals surface area contributed by atoms with Gasteiger partial charge in [0.2, 0.25) is 0 Å². The molecule has 0 aliphatic carbocycles. The number of amidine groups is 1. The lowest BCUT2D eigenvalue weighted by Crippen LogP contribution is -2.06. The van der Waals surface area contributed by atoms with Gasteiger partial charge in [0.25, 0.3) is 0 Å². The normalized spacial score (nSPS) is 11.0. The molecule has 0 aliphatic heterocycles. The Hall–Kier alpha value is -2.58. The number of anilines is 1. The summed E-state index contributed by atoms with van der Waals surface area (Å²) < 4.78 is 0. The molecule has 108 valence electrons. The first-order valence-electron chi connectivity index (χ1n) is 6.99. The van der Waals surface area contributed by atoms with Gasteiger partial charge in [-0.15, -0.1) is 0 Å². The Morgan fingerprint density at radius 3 is 2.41 bits per heavy atom. The Balaban J connectivity index is 1.71. The summed E-state index contributed by atoms with van der Waals surface area (Å²) in [5, 5.41) is 14.1. The Labute approximate surface area is 134 Å². The predicted octanol–water partition coefficient (Wildman–Crippen LogP) is 5.60. The van der Waals surface area contributed by atoms with Crippen molar-refractivity contribution in [3.05, 3.63) is 83.4 Å². The van der Waals surface area contributed by atoms with Gasteiger partial charge in [-0.2, -0.15) is 0 Å². The third-order valence-corrected chi connectivity index (χ3v) is 3.59. The van der Waals surface area contributed by atoms with Gasteiger partial charge >= 0.3 is 0 Å². The molecule has 3 aromatic rings. The second kappa shape index (κ2) is 6.46. The largest absolute Gasteiger partial charge is 0.341 e. The lowest BCUT2D eigenvalue weighted by Gasteiger charge is -2.04. The number of rotatable bonds is 3. The van der Waals surface area contributed by atoms with E-state index < -0.39 is 0 Å². The summed E-state index contributed by atoms with van der Waals surface area (Å²) in [4.78, 5) is 0. The Kier molecular flexibility index (Phi) is 4.22. The number of hydrogen-bond donors (Lipinski definition) is 2. The monoisotopic (exact) mass is 306 g/mol. The minimum absolute atomic E-state index is 0.329. The average Bonchev–Trinajstić information content (AvgIpc) is 2.55. The molecule has 0 unspecified atom stereocenters. The molecule has 0 fully saturated rings. The molecule has 0 radical (unpaired) electrons. The van der Waals surface area contributed by atoms with Crippen molar-refractivity contribution in [3.63, 3.8) is 0 Å². The van der Waals surface area contributed by atoms with Crippen molar-refractivity contribution in [2.75, 3.05) is 5.32 Å². The van der Waals surface area contributed by atoms with Gasteiger partial charge < -0.3 is 5.32 Å². The third kappa shape index (κ3) is 3.54. The van der Waals surface area contributed by atoms with Crippen LogP contribution >= 0.6 is 11.6 Å². The molecule has 22 heavy (non-hydrogen) atoms. The Bertz CT molecular complexity index is 835. The molecule has 0 spiro atoms. The standard InChI is InChI=1S/C19H15ClN2/c20-17-8-10-18(11-9-17)22-19(21)12-6-14-5-7-15-3-1-2-4-16(15)13-14/h1-13H,(H2,21,22)/b12-6+. The summed E-state index contributed by atoms with van der Waals surface area (Å²) in [5.41, 5.74) is 1.92. The van der Waals surface area contributed by atoms with E-state index >= 15 is 0 Å². The van der Waals surface area contributed by atoms with Gasteiger partial charge in [-0.1, -0.05) is 54.1 Å². The molecular weight excluding hydrogens is 292 g/mol. The van der Waals surface area contributed by atoms with Crippen molar-refractivity contribution in [2.24, 2.45) is 0 Å². The molecule has 0 bridgehead atoms. The zero-order valence-electron chi connectivity index (χ0n) is 11.9. The first-order valence-corrected chi connectivity index (χ1v) is 7.36. The maximum Gasteiger partial charge on any atom is 0.122 e. The van der Waals surface area contributed by atoms with Crippen LogP contribution in [-0.2, 0) is 0 Å². The van der Waals surface area contributed by atoms with Crippen LogP contribution in [0.25, 0.3) is 16.8 Å². The van der Waals surface area contributed by atoms with Crippen LogP contribution in [0.3, 0.4) is 0 Å². The first-order chi connectivity index (χ1) is 10.7. The van der Waals surface area contributed by atoms with Crippen molar-refractivity contribution in [1.29, 1.82) is 5.41 Å². The van der Waals surface area contributed by atoms with Crippen molar-refractivity contribution >= 4 is 40.0 Å². The molecule has 2 nitrogen and oxygen atoms in total. The molecule has 3 heteroatoms. The first kappa shape index (κ1) is 14.4.